The van der Waals surface area contributed by atoms with Gasteiger partial charge >= 0.3 is 0 Å². The lowest BCUT2D eigenvalue weighted by Crippen LogP contribution is -2.56. The van der Waals surface area contributed by atoms with Crippen molar-refractivity contribution in [3.63, 3.8) is 0 Å². The van der Waals surface area contributed by atoms with E-state index in [9.17, 15) is 9.59 Å². The zero-order chi connectivity index (χ0) is 16.5. The van der Waals surface area contributed by atoms with Crippen LogP contribution in [0.5, 0.6) is 0 Å². The maximum atomic E-state index is 12.7. The van der Waals surface area contributed by atoms with Gasteiger partial charge in [0.15, 0.2) is 0 Å². The van der Waals surface area contributed by atoms with Crippen LogP contribution < -0.4 is 5.56 Å². The van der Waals surface area contributed by atoms with Crippen molar-refractivity contribution in [3.8, 4) is 0 Å². The van der Waals surface area contributed by atoms with E-state index in [-0.39, 0.29) is 17.9 Å². The van der Waals surface area contributed by atoms with E-state index < -0.39 is 0 Å². The minimum Gasteiger partial charge on any atom is -0.340 e. The number of carbonyl (C=O) groups is 1. The minimum atomic E-state index is -0.154. The average molecular weight is 325 g/mol. The molecular weight excluding hydrogens is 302 g/mol. The molecule has 2 aromatic rings. The second-order valence-electron chi connectivity index (χ2n) is 6.91. The van der Waals surface area contributed by atoms with Crippen LogP contribution in [0.3, 0.4) is 0 Å². The van der Waals surface area contributed by atoms with E-state index in [4.69, 9.17) is 0 Å². The van der Waals surface area contributed by atoms with Crippen molar-refractivity contribution in [2.45, 2.75) is 31.7 Å². The fourth-order valence-corrected chi connectivity index (χ4v) is 3.98. The van der Waals surface area contributed by atoms with Crippen molar-refractivity contribution < 1.29 is 4.79 Å². The number of carbonyl (C=O) groups excluding carboxylic acids is 1. The zero-order valence-corrected chi connectivity index (χ0v) is 13.8. The molecule has 5 heteroatoms. The lowest BCUT2D eigenvalue weighted by atomic mass is 9.99. The summed E-state index contributed by atoms with van der Waals surface area (Å²) in [6.07, 6.45) is 3.90. The van der Waals surface area contributed by atoms with Crippen molar-refractivity contribution in [1.82, 2.24) is 14.8 Å². The van der Waals surface area contributed by atoms with Crippen LogP contribution in [0.2, 0.25) is 0 Å². The van der Waals surface area contributed by atoms with Gasteiger partial charge in [-0.3, -0.25) is 14.5 Å². The molecule has 0 radical (unpaired) electrons. The lowest BCUT2D eigenvalue weighted by molar-refractivity contribution is -0.134. The van der Waals surface area contributed by atoms with Gasteiger partial charge in [0.05, 0.1) is 6.42 Å². The van der Waals surface area contributed by atoms with E-state index in [1.807, 2.05) is 35.2 Å². The van der Waals surface area contributed by atoms with Crippen LogP contribution in [0.15, 0.2) is 35.1 Å². The lowest BCUT2D eigenvalue weighted by Gasteiger charge is -2.44. The molecule has 1 aromatic heterocycles. The Morgan fingerprint density at radius 1 is 1.17 bits per heavy atom. The molecule has 4 rings (SSSR count). The SMILES string of the molecule is O=C(Cc1cc2ccccc2[nH]c1=O)N1CCN2CCCC[C@@H]2C1. The van der Waals surface area contributed by atoms with E-state index in [1.54, 1.807) is 0 Å². The smallest absolute Gasteiger partial charge is 0.252 e. The van der Waals surface area contributed by atoms with Crippen molar-refractivity contribution in [3.05, 3.63) is 46.2 Å². The summed E-state index contributed by atoms with van der Waals surface area (Å²) in [5.74, 6) is 0.0704. The minimum absolute atomic E-state index is 0.0704. The van der Waals surface area contributed by atoms with Gasteiger partial charge in [0.25, 0.3) is 5.56 Å². The third-order valence-corrected chi connectivity index (χ3v) is 5.36. The molecule has 0 unspecified atom stereocenters. The molecule has 1 N–H and O–H groups in total. The number of nitrogens with zero attached hydrogens (tertiary/aromatic N) is 2. The standard InChI is InChI=1S/C19H23N3O2/c23-18(22-10-9-21-8-4-3-6-16(21)13-22)12-15-11-14-5-1-2-7-17(14)20-19(15)24/h1-2,5,7,11,16H,3-4,6,8-10,12-13H2,(H,20,24)/t16-/m1/s1. The first kappa shape index (κ1) is 15.4. The molecule has 1 amide bonds. The number of piperidine rings is 1. The van der Waals surface area contributed by atoms with Crippen molar-refractivity contribution in [2.24, 2.45) is 0 Å². The fourth-order valence-electron chi connectivity index (χ4n) is 3.98. The van der Waals surface area contributed by atoms with Crippen molar-refractivity contribution in [1.29, 1.82) is 0 Å². The predicted octanol–water partition coefficient (Wildman–Crippen LogP) is 1.77. The third kappa shape index (κ3) is 2.96. The Bertz CT molecular complexity index is 814. The Balaban J connectivity index is 1.50. The maximum absolute atomic E-state index is 12.7. The zero-order valence-electron chi connectivity index (χ0n) is 13.8. The van der Waals surface area contributed by atoms with Gasteiger partial charge in [-0.1, -0.05) is 24.6 Å². The number of hydrogen-bond acceptors (Lipinski definition) is 3. The van der Waals surface area contributed by atoms with E-state index in [1.165, 1.54) is 19.3 Å². The summed E-state index contributed by atoms with van der Waals surface area (Å²) in [7, 11) is 0. The summed E-state index contributed by atoms with van der Waals surface area (Å²) in [4.78, 5) is 32.3. The number of aromatic amines is 1. The van der Waals surface area contributed by atoms with Crippen molar-refractivity contribution in [2.75, 3.05) is 26.2 Å². The summed E-state index contributed by atoms with van der Waals surface area (Å²) >= 11 is 0. The molecule has 126 valence electrons. The summed E-state index contributed by atoms with van der Waals surface area (Å²) < 4.78 is 0. The number of benzene rings is 1. The number of nitrogens with one attached hydrogen (secondary N) is 1. The van der Waals surface area contributed by atoms with Gasteiger partial charge in [0.2, 0.25) is 5.91 Å². The number of piperazine rings is 1. The van der Waals surface area contributed by atoms with Crippen molar-refractivity contribution >= 4 is 16.8 Å². The normalized spacial score (nSPS) is 21.7. The van der Waals surface area contributed by atoms with Gasteiger partial charge < -0.3 is 9.88 Å². The molecule has 2 saturated heterocycles. The van der Waals surface area contributed by atoms with Gasteiger partial charge in [-0.05, 0) is 36.9 Å². The molecule has 0 aliphatic carbocycles. The highest BCUT2D eigenvalue weighted by Crippen LogP contribution is 2.21. The molecule has 0 bridgehead atoms. The first-order valence-electron chi connectivity index (χ1n) is 8.83. The molecule has 2 aliphatic heterocycles. The molecule has 1 atom stereocenters. The van der Waals surface area contributed by atoms with Crippen LogP contribution in [0.4, 0.5) is 0 Å². The number of rotatable bonds is 2. The second-order valence-corrected chi connectivity index (χ2v) is 6.91. The Morgan fingerprint density at radius 3 is 2.96 bits per heavy atom. The second kappa shape index (κ2) is 6.40. The summed E-state index contributed by atoms with van der Waals surface area (Å²) in [6.45, 7) is 3.71. The van der Waals surface area contributed by atoms with Gasteiger partial charge in [0, 0.05) is 36.8 Å². The number of aromatic nitrogens is 1. The highest BCUT2D eigenvalue weighted by atomic mass is 16.2. The fraction of sp³-hybridized carbons (Fsp3) is 0.474. The largest absolute Gasteiger partial charge is 0.340 e. The molecule has 2 aliphatic rings. The van der Waals surface area contributed by atoms with E-state index in [0.29, 0.717) is 11.6 Å². The summed E-state index contributed by atoms with van der Waals surface area (Å²) in [5, 5.41) is 0.969. The monoisotopic (exact) mass is 325 g/mol. The summed E-state index contributed by atoms with van der Waals surface area (Å²) in [6, 6.07) is 10.0. The van der Waals surface area contributed by atoms with Crippen LogP contribution in [0.25, 0.3) is 10.9 Å². The number of amides is 1. The first-order chi connectivity index (χ1) is 11.7. The Morgan fingerprint density at radius 2 is 2.04 bits per heavy atom. The first-order valence-corrected chi connectivity index (χ1v) is 8.83. The molecule has 2 fully saturated rings. The number of fused-ring (bicyclic) bond motifs is 2. The molecule has 1 aromatic carbocycles. The van der Waals surface area contributed by atoms with E-state index in [2.05, 4.69) is 9.88 Å². The quantitative estimate of drug-likeness (QED) is 0.915. The third-order valence-electron chi connectivity index (χ3n) is 5.36. The molecule has 0 spiro atoms. The Labute approximate surface area is 141 Å². The van der Waals surface area contributed by atoms with Crippen LogP contribution in [0, 0.1) is 0 Å². The van der Waals surface area contributed by atoms with Gasteiger partial charge in [-0.25, -0.2) is 0 Å². The van der Waals surface area contributed by atoms with Gasteiger partial charge in [-0.2, -0.15) is 0 Å². The number of pyridine rings is 1. The van der Waals surface area contributed by atoms with Crippen LogP contribution in [-0.4, -0.2) is 52.9 Å². The van der Waals surface area contributed by atoms with E-state index in [0.717, 1.165) is 37.1 Å². The highest BCUT2D eigenvalue weighted by molar-refractivity contribution is 5.82. The molecule has 3 heterocycles. The Kier molecular flexibility index (Phi) is 4.10. The number of H-pyrrole nitrogens is 1. The van der Waals surface area contributed by atoms with Gasteiger partial charge in [-0.15, -0.1) is 0 Å². The maximum Gasteiger partial charge on any atom is 0.252 e. The molecule has 0 saturated carbocycles. The highest BCUT2D eigenvalue weighted by Gasteiger charge is 2.31. The van der Waals surface area contributed by atoms with Crippen LogP contribution in [-0.2, 0) is 11.2 Å². The number of hydrogen-bond donors (Lipinski definition) is 1. The Hall–Kier alpha value is -2.14. The van der Waals surface area contributed by atoms with Crippen LogP contribution >= 0.6 is 0 Å². The summed E-state index contributed by atoms with van der Waals surface area (Å²) in [5.41, 5.74) is 1.22. The van der Waals surface area contributed by atoms with E-state index >= 15 is 0 Å². The average Bonchev–Trinajstić information content (AvgIpc) is 2.62. The van der Waals surface area contributed by atoms with Gasteiger partial charge in [0.1, 0.15) is 0 Å². The molecule has 24 heavy (non-hydrogen) atoms. The topological polar surface area (TPSA) is 56.4 Å². The molecular formula is C19H23N3O2. The predicted molar refractivity (Wildman–Crippen MR) is 94.1 cm³/mol. The number of para-hydroxylation sites is 1. The molecule has 5 nitrogen and oxygen atoms in total. The van der Waals surface area contributed by atoms with Crippen LogP contribution in [0.1, 0.15) is 24.8 Å².